The number of carboxylic acid groups (broad SMARTS) is 1. The second kappa shape index (κ2) is 19.5. The van der Waals surface area contributed by atoms with Gasteiger partial charge in [-0.3, -0.25) is 19.3 Å². The van der Waals surface area contributed by atoms with E-state index in [4.69, 9.17) is 25.0 Å². The number of pyridine rings is 2. The van der Waals surface area contributed by atoms with Gasteiger partial charge in [0.15, 0.2) is 28.0 Å². The first-order valence-electron chi connectivity index (χ1n) is 21.8. The predicted molar refractivity (Wildman–Crippen MR) is 254 cm³/mol. The molecule has 4 aromatic heterocycles. The molecule has 0 aliphatic carbocycles. The summed E-state index contributed by atoms with van der Waals surface area (Å²) in [4.78, 5) is 97.9. The van der Waals surface area contributed by atoms with Gasteiger partial charge >= 0.3 is 17.9 Å². The number of thiazole rings is 1. The molecule has 4 aliphatic heterocycles. The van der Waals surface area contributed by atoms with Crippen molar-refractivity contribution in [1.29, 1.82) is 0 Å². The van der Waals surface area contributed by atoms with Crippen molar-refractivity contribution in [3.8, 4) is 11.3 Å². The average molecular weight is 1020 g/mol. The van der Waals surface area contributed by atoms with E-state index in [2.05, 4.69) is 19.8 Å². The minimum Gasteiger partial charge on any atom is -0.477 e. The number of hydrogen-bond donors (Lipinski definition) is 3. The Hall–Kier alpha value is -6.44. The Morgan fingerprint density at radius 1 is 1.14 bits per heavy atom. The number of aromatic nitrogens is 5. The van der Waals surface area contributed by atoms with Gasteiger partial charge in [-0.2, -0.15) is 9.36 Å². The molecule has 0 bridgehead atoms. The summed E-state index contributed by atoms with van der Waals surface area (Å²) in [6.45, 7) is 5.69. The summed E-state index contributed by atoms with van der Waals surface area (Å²) >= 11 is 4.71. The Kier molecular flexibility index (Phi) is 13.5. The molecule has 5 aromatic rings. The third-order valence-corrected chi connectivity index (χ3v) is 16.1. The quantitative estimate of drug-likeness (QED) is 0.0467. The summed E-state index contributed by atoms with van der Waals surface area (Å²) in [6.07, 6.45) is 4.82. The van der Waals surface area contributed by atoms with Crippen LogP contribution in [0, 0.1) is 5.82 Å². The number of aromatic carboxylic acids is 1. The number of anilines is 2. The van der Waals surface area contributed by atoms with Crippen LogP contribution in [0.5, 0.6) is 0 Å². The van der Waals surface area contributed by atoms with Crippen LogP contribution in [-0.4, -0.2) is 113 Å². The van der Waals surface area contributed by atoms with E-state index in [0.717, 1.165) is 23.2 Å². The molecular formula is C44H44FN10O10S4+. The number of oxime groups is 1. The monoisotopic (exact) mass is 1020 g/mol. The van der Waals surface area contributed by atoms with Gasteiger partial charge < -0.3 is 39.9 Å². The maximum Gasteiger partial charge on any atom is 0.356 e. The largest absolute Gasteiger partial charge is 0.477 e. The minimum absolute atomic E-state index is 0.0161. The highest BCUT2D eigenvalue weighted by molar-refractivity contribution is 8.07. The molecule has 0 saturated carbocycles. The van der Waals surface area contributed by atoms with Crippen molar-refractivity contribution in [2.24, 2.45) is 12.2 Å². The summed E-state index contributed by atoms with van der Waals surface area (Å²) < 4.78 is 35.9. The van der Waals surface area contributed by atoms with Crippen molar-refractivity contribution in [3.05, 3.63) is 85.8 Å². The first kappa shape index (κ1) is 47.6. The lowest BCUT2D eigenvalue weighted by atomic mass is 9.93. The minimum atomic E-state index is -1.41. The van der Waals surface area contributed by atoms with E-state index in [1.54, 1.807) is 11.5 Å². The summed E-state index contributed by atoms with van der Waals surface area (Å²) in [5.74, 6) is -5.09. The van der Waals surface area contributed by atoms with Gasteiger partial charge in [-0.25, -0.2) is 28.3 Å². The molecule has 3 unspecified atom stereocenters. The standard InChI is InChI=1S/C44H43FN10O10S4/c1-5-63-50-30(36-49-43(46)69-51-36)37(57)48-31-38(58)55-34(29(19-66-39(31)55)68-44-47-28(18-67-44)22-8-12-52(4)13-9-22)42(62)64-21(3)41(61)65-23-10-14-53(15-11-23)33-24-7-6-20(2)54-17-26(40(59)60)35(56)25(32(24)54)16-27(33)45/h8-9,12-13,16-18,20-21,23,31,39H,5-7,10-11,14-15,19H2,1-4H3,(H3-,46,48,49,51,57,59,60)/p+1/b50-30+/t20?,21?,31-,39?/m0/s1. The molecule has 20 nitrogen and oxygen atoms in total. The number of esters is 2. The molecule has 4 aliphatic rings. The first-order valence-corrected chi connectivity index (χ1v) is 25.3. The molecule has 25 heteroatoms. The lowest BCUT2D eigenvalue weighted by molar-refractivity contribution is -0.671. The van der Waals surface area contributed by atoms with E-state index in [-0.39, 0.29) is 46.2 Å². The molecule has 69 heavy (non-hydrogen) atoms. The summed E-state index contributed by atoms with van der Waals surface area (Å²) in [6, 6.07) is 3.75. The topological polar surface area (TPSA) is 255 Å². The Morgan fingerprint density at radius 3 is 2.59 bits per heavy atom. The van der Waals surface area contributed by atoms with Crippen LogP contribution in [-0.2, 0) is 47.0 Å². The third kappa shape index (κ3) is 9.26. The van der Waals surface area contributed by atoms with Crippen LogP contribution >= 0.6 is 46.4 Å². The fourth-order valence-electron chi connectivity index (χ4n) is 8.58. The number of thioether (sulfide) groups is 2. The highest BCUT2D eigenvalue weighted by Gasteiger charge is 2.55. The van der Waals surface area contributed by atoms with Gasteiger partial charge in [0.2, 0.25) is 17.0 Å². The second-order valence-corrected chi connectivity index (χ2v) is 20.6. The molecule has 4 N–H and O–H groups in total. The van der Waals surface area contributed by atoms with Crippen LogP contribution in [0.1, 0.15) is 67.8 Å². The molecule has 2 amide bonds. The van der Waals surface area contributed by atoms with Crippen LogP contribution < -0.4 is 25.9 Å². The molecule has 0 spiro atoms. The number of β-lactam (4-membered cyclic amide) rings is 1. The van der Waals surface area contributed by atoms with Crippen molar-refractivity contribution in [1.82, 2.24) is 29.1 Å². The number of ether oxygens (including phenoxy) is 2. The molecule has 2 saturated heterocycles. The molecule has 1 aromatic carbocycles. The number of nitrogens with zero attached hydrogens (tertiary/aromatic N) is 8. The fraction of sp³-hybridized carbons (Fsp3) is 0.386. The van der Waals surface area contributed by atoms with Crippen LogP contribution in [0.3, 0.4) is 0 Å². The number of carbonyl (C=O) groups excluding carboxylic acids is 4. The van der Waals surface area contributed by atoms with E-state index in [1.807, 2.05) is 53.3 Å². The Balaban J connectivity index is 0.901. The predicted octanol–water partition coefficient (Wildman–Crippen LogP) is 4.02. The first-order chi connectivity index (χ1) is 33.1. The molecule has 2 fully saturated rings. The van der Waals surface area contributed by atoms with Crippen LogP contribution in [0.15, 0.2) is 67.1 Å². The van der Waals surface area contributed by atoms with Gasteiger partial charge in [-0.15, -0.1) is 23.1 Å². The van der Waals surface area contributed by atoms with Gasteiger partial charge in [0.25, 0.3) is 11.8 Å². The van der Waals surface area contributed by atoms with Crippen molar-refractivity contribution >= 4 is 104 Å². The van der Waals surface area contributed by atoms with E-state index >= 15 is 4.39 Å². The summed E-state index contributed by atoms with van der Waals surface area (Å²) in [5.41, 5.74) is 7.26. The number of benzene rings is 1. The number of carbonyl (C=O) groups is 5. The summed E-state index contributed by atoms with van der Waals surface area (Å²) in [5, 5.41) is 17.5. The van der Waals surface area contributed by atoms with Crippen LogP contribution in [0.2, 0.25) is 0 Å². The van der Waals surface area contributed by atoms with E-state index in [1.165, 1.54) is 52.9 Å². The maximum absolute atomic E-state index is 16.0. The normalized spacial score (nSPS) is 19.8. The molecule has 4 atom stereocenters. The average Bonchev–Trinajstić information content (AvgIpc) is 3.99. The number of nitrogen functional groups attached to an aromatic ring is 1. The zero-order valence-electron chi connectivity index (χ0n) is 37.4. The Bertz CT molecular complexity index is 3040. The van der Waals surface area contributed by atoms with Crippen molar-refractivity contribution < 1.29 is 52.3 Å². The van der Waals surface area contributed by atoms with Crippen molar-refractivity contribution in [2.75, 3.05) is 36.1 Å². The number of nitrogens with one attached hydrogen (secondary N) is 1. The molecular weight excluding hydrogens is 976 g/mol. The Labute approximate surface area is 408 Å². The third-order valence-electron chi connectivity index (χ3n) is 12.0. The number of aryl methyl sites for hydroxylation is 2. The lowest BCUT2D eigenvalue weighted by Crippen LogP contribution is -2.71. The Morgan fingerprint density at radius 2 is 1.90 bits per heavy atom. The maximum atomic E-state index is 16.0. The highest BCUT2D eigenvalue weighted by Crippen LogP contribution is 2.47. The van der Waals surface area contributed by atoms with E-state index in [9.17, 15) is 33.9 Å². The zero-order chi connectivity index (χ0) is 48.8. The number of fused-ring (bicyclic) bond motifs is 1. The van der Waals surface area contributed by atoms with Crippen LogP contribution in [0.4, 0.5) is 15.2 Å². The molecule has 9 rings (SSSR count). The van der Waals surface area contributed by atoms with Gasteiger partial charge in [0, 0.05) is 94.4 Å². The summed E-state index contributed by atoms with van der Waals surface area (Å²) in [7, 11) is 1.91. The van der Waals surface area contributed by atoms with Crippen LogP contribution in [0.25, 0.3) is 22.2 Å². The molecule has 8 heterocycles. The number of rotatable bonds is 14. The number of halogens is 1. The highest BCUT2D eigenvalue weighted by atomic mass is 32.2. The molecule has 0 radical (unpaired) electrons. The number of piperidine rings is 1. The van der Waals surface area contributed by atoms with E-state index in [0.29, 0.717) is 70.5 Å². The van der Waals surface area contributed by atoms with E-state index < -0.39 is 70.2 Å². The molecule has 360 valence electrons. The SMILES string of the molecule is CCO/N=C(/C(=O)N[C@H]1C(=O)N2C(C(=O)OC(C)C(=O)OC3CCN(c4c(F)cc5c(=O)c(C(=O)O)cn6c5c4CCC6C)CC3)=C(Sc3nc(-c4cc[n+](C)cc4)cs3)CSC12)c1nsc(N)n1. The van der Waals surface area contributed by atoms with Crippen molar-refractivity contribution in [3.63, 3.8) is 0 Å². The van der Waals surface area contributed by atoms with Gasteiger partial charge in [-0.05, 0) is 39.7 Å². The van der Waals surface area contributed by atoms with Crippen molar-refractivity contribution in [2.45, 2.75) is 80.5 Å². The van der Waals surface area contributed by atoms with Gasteiger partial charge in [0.05, 0.1) is 16.9 Å². The number of nitrogens with two attached hydrogens (primary N) is 1. The fourth-order valence-corrected chi connectivity index (χ4v) is 12.5. The van der Waals surface area contributed by atoms with Gasteiger partial charge in [0.1, 0.15) is 48.3 Å². The smallest absolute Gasteiger partial charge is 0.356 e. The second-order valence-electron chi connectivity index (χ2n) is 16.5. The van der Waals surface area contributed by atoms with Gasteiger partial charge in [-0.1, -0.05) is 16.9 Å². The number of carboxylic acids is 1. The number of amides is 2. The lowest BCUT2D eigenvalue weighted by Gasteiger charge is -2.49. The zero-order valence-corrected chi connectivity index (χ0v) is 40.6. The number of hydrogen-bond acceptors (Lipinski definition) is 19.